The number of hydrogen-bond acceptors (Lipinski definition) is 6. The highest BCUT2D eigenvalue weighted by Crippen LogP contribution is 2.45. The highest BCUT2D eigenvalue weighted by Gasteiger charge is 2.54. The molecule has 0 bridgehead atoms. The summed E-state index contributed by atoms with van der Waals surface area (Å²) in [6.07, 6.45) is 6.06. The molecule has 3 aromatic carbocycles. The lowest BCUT2D eigenvalue weighted by atomic mass is 9.82. The van der Waals surface area contributed by atoms with Crippen LogP contribution >= 0.6 is 0 Å². The van der Waals surface area contributed by atoms with E-state index in [1.165, 1.54) is 0 Å². The minimum Gasteiger partial charge on any atom is -0.494 e. The Bertz CT molecular complexity index is 1460. The molecular weight excluding hydrogens is 530 g/mol. The van der Waals surface area contributed by atoms with Crippen molar-refractivity contribution >= 4 is 17.9 Å². The minimum absolute atomic E-state index is 0.0666. The number of amides is 1. The van der Waals surface area contributed by atoms with Crippen molar-refractivity contribution in [2.75, 3.05) is 26.3 Å². The molecule has 42 heavy (non-hydrogen) atoms. The summed E-state index contributed by atoms with van der Waals surface area (Å²) in [5.74, 6) is 0.980. The number of carbonyl (C=O) groups is 1. The van der Waals surface area contributed by atoms with Gasteiger partial charge < -0.3 is 19.5 Å². The van der Waals surface area contributed by atoms with Gasteiger partial charge in [0.05, 0.1) is 13.2 Å². The van der Waals surface area contributed by atoms with Gasteiger partial charge in [-0.15, -0.1) is 0 Å². The van der Waals surface area contributed by atoms with E-state index in [2.05, 4.69) is 10.0 Å². The van der Waals surface area contributed by atoms with Gasteiger partial charge >= 0.3 is 0 Å². The van der Waals surface area contributed by atoms with E-state index in [4.69, 9.17) is 25.1 Å². The number of benzene rings is 3. The standard InChI is InChI=1S/C33H35N5O4/c34-37-35-24-27-13-4-5-14-29(27)30-33(32(40)38-20-6-7-21-38,19-8-12-25-10-2-1-3-11-25)36-31(42-30)26-15-17-28(18-16-26)41-23-9-22-39/h1-5,8,10-18,30,39H,6-7,9,19-24H2/b12-8+/t30-,33-/m1/s1. The number of azide groups is 1. The van der Waals surface area contributed by atoms with E-state index in [1.54, 1.807) is 0 Å². The lowest BCUT2D eigenvalue weighted by molar-refractivity contribution is -0.138. The molecule has 1 saturated heterocycles. The molecule has 0 unspecified atom stereocenters. The third kappa shape index (κ3) is 6.48. The second kappa shape index (κ2) is 13.9. The van der Waals surface area contributed by atoms with Crippen molar-refractivity contribution in [1.29, 1.82) is 0 Å². The number of carbonyl (C=O) groups excluding carboxylic acids is 1. The third-order valence-corrected chi connectivity index (χ3v) is 7.58. The van der Waals surface area contributed by atoms with Crippen LogP contribution in [0.5, 0.6) is 5.75 Å². The Kier molecular flexibility index (Phi) is 9.54. The van der Waals surface area contributed by atoms with Gasteiger partial charge in [0.1, 0.15) is 5.75 Å². The van der Waals surface area contributed by atoms with Crippen LogP contribution in [0.3, 0.4) is 0 Å². The molecule has 1 fully saturated rings. The van der Waals surface area contributed by atoms with Gasteiger partial charge in [-0.3, -0.25) is 4.79 Å². The monoisotopic (exact) mass is 565 g/mol. The summed E-state index contributed by atoms with van der Waals surface area (Å²) in [7, 11) is 0. The van der Waals surface area contributed by atoms with Gasteiger partial charge in [0, 0.05) is 43.0 Å². The maximum Gasteiger partial charge on any atom is 0.255 e. The Balaban J connectivity index is 1.58. The lowest BCUT2D eigenvalue weighted by Crippen LogP contribution is -2.49. The van der Waals surface area contributed by atoms with E-state index < -0.39 is 11.6 Å². The highest BCUT2D eigenvalue weighted by molar-refractivity contribution is 6.01. The van der Waals surface area contributed by atoms with Crippen molar-refractivity contribution in [3.05, 3.63) is 118 Å². The predicted molar refractivity (Wildman–Crippen MR) is 162 cm³/mol. The second-order valence-corrected chi connectivity index (χ2v) is 10.4. The zero-order valence-electron chi connectivity index (χ0n) is 23.5. The molecule has 9 heteroatoms. The molecule has 0 aromatic heterocycles. The summed E-state index contributed by atoms with van der Waals surface area (Å²) in [6, 6.07) is 25.0. The molecule has 1 amide bonds. The average Bonchev–Trinajstić information content (AvgIpc) is 3.71. The fourth-order valence-electron chi connectivity index (χ4n) is 5.45. The van der Waals surface area contributed by atoms with E-state index in [-0.39, 0.29) is 19.1 Å². The fourth-order valence-corrected chi connectivity index (χ4v) is 5.45. The van der Waals surface area contributed by atoms with Crippen LogP contribution < -0.4 is 4.74 Å². The number of nitrogens with zero attached hydrogens (tertiary/aromatic N) is 5. The predicted octanol–water partition coefficient (Wildman–Crippen LogP) is 6.24. The Morgan fingerprint density at radius 2 is 1.83 bits per heavy atom. The minimum atomic E-state index is -1.26. The van der Waals surface area contributed by atoms with Crippen molar-refractivity contribution in [1.82, 2.24) is 4.90 Å². The van der Waals surface area contributed by atoms with Gasteiger partial charge in [0.15, 0.2) is 11.6 Å². The van der Waals surface area contributed by atoms with Crippen LogP contribution in [-0.4, -0.2) is 53.7 Å². The summed E-state index contributed by atoms with van der Waals surface area (Å²) < 4.78 is 12.4. The van der Waals surface area contributed by atoms with Crippen LogP contribution in [0.25, 0.3) is 16.5 Å². The molecule has 0 radical (unpaired) electrons. The van der Waals surface area contributed by atoms with Gasteiger partial charge in [0.2, 0.25) is 5.90 Å². The number of aliphatic hydroxyl groups excluding tert-OH is 1. The quantitative estimate of drug-likeness (QED) is 0.121. The van der Waals surface area contributed by atoms with Crippen LogP contribution in [0.2, 0.25) is 0 Å². The average molecular weight is 566 g/mol. The molecular formula is C33H35N5O4. The van der Waals surface area contributed by atoms with Crippen molar-refractivity contribution in [2.24, 2.45) is 10.1 Å². The molecule has 3 aromatic rings. The fraction of sp³-hybridized carbons (Fsp3) is 0.333. The topological polar surface area (TPSA) is 120 Å². The first-order valence-electron chi connectivity index (χ1n) is 14.3. The number of ether oxygens (including phenoxy) is 2. The highest BCUT2D eigenvalue weighted by atomic mass is 16.5. The second-order valence-electron chi connectivity index (χ2n) is 10.4. The molecule has 0 aliphatic carbocycles. The number of hydrogen-bond donors (Lipinski definition) is 1. The SMILES string of the molecule is [N-]=[N+]=NCc1ccccc1[C@H]1OC(c2ccc(OCCCO)cc2)=N[C@@]1(C/C=C/c1ccccc1)C(=O)N1CCCC1. The Morgan fingerprint density at radius 1 is 1.10 bits per heavy atom. The molecule has 2 heterocycles. The van der Waals surface area contributed by atoms with E-state index in [9.17, 15) is 4.79 Å². The van der Waals surface area contributed by atoms with Gasteiger partial charge in [-0.25, -0.2) is 4.99 Å². The van der Waals surface area contributed by atoms with Crippen molar-refractivity contribution < 1.29 is 19.4 Å². The van der Waals surface area contributed by atoms with Crippen LogP contribution in [0.15, 0.2) is 95.0 Å². The summed E-state index contributed by atoms with van der Waals surface area (Å²) in [4.78, 5) is 24.5. The number of aliphatic imine (C=N–C) groups is 1. The number of rotatable bonds is 12. The summed E-state index contributed by atoms with van der Waals surface area (Å²) in [5, 5.41) is 12.9. The first kappa shape index (κ1) is 28.9. The van der Waals surface area contributed by atoms with Crippen LogP contribution in [0, 0.1) is 0 Å². The van der Waals surface area contributed by atoms with Crippen molar-refractivity contribution in [2.45, 2.75) is 43.9 Å². The maximum atomic E-state index is 14.5. The zero-order valence-corrected chi connectivity index (χ0v) is 23.5. The normalized spacial score (nSPS) is 19.8. The number of aliphatic hydroxyl groups is 1. The van der Waals surface area contributed by atoms with Gasteiger partial charge in [-0.05, 0) is 59.3 Å². The summed E-state index contributed by atoms with van der Waals surface area (Å²) in [5.41, 5.74) is 11.1. The molecule has 216 valence electrons. The Morgan fingerprint density at radius 3 is 2.57 bits per heavy atom. The van der Waals surface area contributed by atoms with E-state index in [1.807, 2.05) is 95.9 Å². The molecule has 0 spiro atoms. The maximum absolute atomic E-state index is 14.5. The summed E-state index contributed by atoms with van der Waals surface area (Å²) in [6.45, 7) is 1.98. The zero-order chi connectivity index (χ0) is 29.2. The lowest BCUT2D eigenvalue weighted by Gasteiger charge is -2.34. The first-order valence-corrected chi connectivity index (χ1v) is 14.3. The third-order valence-electron chi connectivity index (χ3n) is 7.58. The molecule has 2 aliphatic heterocycles. The van der Waals surface area contributed by atoms with Crippen LogP contribution in [-0.2, 0) is 16.1 Å². The molecule has 1 N–H and O–H groups in total. The van der Waals surface area contributed by atoms with Gasteiger partial charge in [-0.2, -0.15) is 0 Å². The molecule has 9 nitrogen and oxygen atoms in total. The Labute approximate surface area is 245 Å². The largest absolute Gasteiger partial charge is 0.494 e. The molecule has 2 atom stereocenters. The van der Waals surface area contributed by atoms with E-state index in [0.29, 0.717) is 44.2 Å². The molecule has 2 aliphatic rings. The first-order chi connectivity index (χ1) is 20.6. The van der Waals surface area contributed by atoms with Crippen molar-refractivity contribution in [3.8, 4) is 5.75 Å². The van der Waals surface area contributed by atoms with Gasteiger partial charge in [-0.1, -0.05) is 71.9 Å². The van der Waals surface area contributed by atoms with Crippen molar-refractivity contribution in [3.63, 3.8) is 0 Å². The smallest absolute Gasteiger partial charge is 0.255 e. The van der Waals surface area contributed by atoms with Crippen LogP contribution in [0.4, 0.5) is 0 Å². The van der Waals surface area contributed by atoms with E-state index in [0.717, 1.165) is 35.1 Å². The Hall–Kier alpha value is -4.59. The van der Waals surface area contributed by atoms with Crippen LogP contribution in [0.1, 0.15) is 54.0 Å². The molecule has 0 saturated carbocycles. The summed E-state index contributed by atoms with van der Waals surface area (Å²) >= 11 is 0. The van der Waals surface area contributed by atoms with Gasteiger partial charge in [0.25, 0.3) is 5.91 Å². The van der Waals surface area contributed by atoms with E-state index >= 15 is 0 Å². The number of likely N-dealkylation sites (tertiary alicyclic amines) is 1. The molecule has 5 rings (SSSR count).